The Balaban J connectivity index is 1.77. The minimum Gasteiger partial charge on any atom is -0.372 e. The van der Waals surface area contributed by atoms with E-state index >= 15 is 0 Å². The Hall–Kier alpha value is -2.73. The second kappa shape index (κ2) is 8.52. The number of rotatable bonds is 5. The Bertz CT molecular complexity index is 867. The van der Waals surface area contributed by atoms with Crippen molar-refractivity contribution >= 4 is 23.2 Å². The van der Waals surface area contributed by atoms with E-state index in [9.17, 15) is 14.0 Å². The fourth-order valence-corrected chi connectivity index (χ4v) is 3.37. The number of fused-ring (bicyclic) bond motifs is 1. The van der Waals surface area contributed by atoms with Crippen LogP contribution in [-0.2, 0) is 20.7 Å². The molecule has 2 aromatic rings. The number of hydrogen-bond acceptors (Lipinski definition) is 3. The van der Waals surface area contributed by atoms with Crippen molar-refractivity contribution in [2.45, 2.75) is 38.7 Å². The van der Waals surface area contributed by atoms with Crippen LogP contribution in [0.3, 0.4) is 0 Å². The van der Waals surface area contributed by atoms with E-state index in [0.29, 0.717) is 12.2 Å². The highest BCUT2D eigenvalue weighted by atomic mass is 19.1. The number of halogens is 1. The molecule has 2 amide bonds. The molecule has 148 valence electrons. The molecule has 3 rings (SSSR count). The maximum absolute atomic E-state index is 13.0. The van der Waals surface area contributed by atoms with E-state index in [1.807, 2.05) is 25.1 Å². The average molecular weight is 384 g/mol. The fourth-order valence-electron chi connectivity index (χ4n) is 3.37. The highest BCUT2D eigenvalue weighted by Crippen LogP contribution is 2.31. The molecule has 1 N–H and O–H groups in total. The first-order valence-corrected chi connectivity index (χ1v) is 9.44. The van der Waals surface area contributed by atoms with Gasteiger partial charge in [-0.2, -0.15) is 0 Å². The molecule has 0 spiro atoms. The van der Waals surface area contributed by atoms with Crippen LogP contribution < -0.4 is 10.2 Å². The zero-order valence-electron chi connectivity index (χ0n) is 16.4. The van der Waals surface area contributed by atoms with E-state index in [2.05, 4.69) is 5.32 Å². The van der Waals surface area contributed by atoms with Crippen LogP contribution in [0.1, 0.15) is 37.3 Å². The quantitative estimate of drug-likeness (QED) is 0.851. The van der Waals surface area contributed by atoms with Crippen molar-refractivity contribution in [1.82, 2.24) is 0 Å². The van der Waals surface area contributed by atoms with Gasteiger partial charge < -0.3 is 15.0 Å². The lowest BCUT2D eigenvalue weighted by molar-refractivity contribution is -0.127. The van der Waals surface area contributed by atoms with Gasteiger partial charge in [0.2, 0.25) is 5.91 Å². The van der Waals surface area contributed by atoms with Gasteiger partial charge in [-0.25, -0.2) is 4.39 Å². The Morgan fingerprint density at radius 3 is 2.54 bits per heavy atom. The topological polar surface area (TPSA) is 58.6 Å². The first kappa shape index (κ1) is 20.0. The number of carbonyl (C=O) groups excluding carboxylic acids is 2. The SMILES string of the molecule is COC(C)C(=O)N1CCCc2cc([C@H](C)C(=O)Nc3ccc(F)cc3)ccc21. The third kappa shape index (κ3) is 4.22. The number of nitrogens with zero attached hydrogens (tertiary/aromatic N) is 1. The van der Waals surface area contributed by atoms with Gasteiger partial charge in [-0.3, -0.25) is 9.59 Å². The van der Waals surface area contributed by atoms with E-state index in [1.54, 1.807) is 11.8 Å². The summed E-state index contributed by atoms with van der Waals surface area (Å²) in [6, 6.07) is 11.5. The lowest BCUT2D eigenvalue weighted by atomic mass is 9.93. The number of nitrogens with one attached hydrogen (secondary N) is 1. The second-order valence-electron chi connectivity index (χ2n) is 7.08. The van der Waals surface area contributed by atoms with Crippen LogP contribution >= 0.6 is 0 Å². The number of anilines is 2. The molecule has 0 aliphatic carbocycles. The predicted octanol–water partition coefficient (Wildman–Crippen LogP) is 3.88. The van der Waals surface area contributed by atoms with Gasteiger partial charge in [-0.1, -0.05) is 12.1 Å². The molecule has 5 nitrogen and oxygen atoms in total. The lowest BCUT2D eigenvalue weighted by Crippen LogP contribution is -2.41. The molecule has 0 fully saturated rings. The summed E-state index contributed by atoms with van der Waals surface area (Å²) in [5.41, 5.74) is 3.38. The van der Waals surface area contributed by atoms with E-state index in [4.69, 9.17) is 4.74 Å². The molecule has 2 atom stereocenters. The van der Waals surface area contributed by atoms with Crippen molar-refractivity contribution in [3.8, 4) is 0 Å². The molecule has 2 aromatic carbocycles. The molecule has 0 aromatic heterocycles. The normalized spacial score (nSPS) is 15.5. The molecule has 1 unspecified atom stereocenters. The van der Waals surface area contributed by atoms with Crippen molar-refractivity contribution in [3.05, 3.63) is 59.4 Å². The van der Waals surface area contributed by atoms with Crippen LogP contribution in [0.25, 0.3) is 0 Å². The standard InChI is InChI=1S/C22H25FN2O3/c1-14(21(26)24-19-9-7-18(23)8-10-19)16-6-11-20-17(13-16)5-4-12-25(20)22(27)15(2)28-3/h6-11,13-15H,4-5,12H2,1-3H3,(H,24,26)/t14-,15?/m0/s1. The minimum absolute atomic E-state index is 0.0571. The van der Waals surface area contributed by atoms with E-state index in [0.717, 1.165) is 29.7 Å². The fraction of sp³-hybridized carbons (Fsp3) is 0.364. The molecule has 6 heteroatoms. The van der Waals surface area contributed by atoms with Gasteiger partial charge >= 0.3 is 0 Å². The van der Waals surface area contributed by atoms with Crippen LogP contribution in [0.4, 0.5) is 15.8 Å². The summed E-state index contributed by atoms with van der Waals surface area (Å²) in [4.78, 5) is 26.9. The molecule has 28 heavy (non-hydrogen) atoms. The summed E-state index contributed by atoms with van der Waals surface area (Å²) in [5.74, 6) is -0.941. The maximum atomic E-state index is 13.0. The Morgan fingerprint density at radius 2 is 1.86 bits per heavy atom. The maximum Gasteiger partial charge on any atom is 0.255 e. The zero-order chi connectivity index (χ0) is 20.3. The van der Waals surface area contributed by atoms with E-state index in [-0.39, 0.29) is 23.5 Å². The smallest absolute Gasteiger partial charge is 0.255 e. The number of ether oxygens (including phenoxy) is 1. The molecular weight excluding hydrogens is 359 g/mol. The van der Waals surface area contributed by atoms with Gasteiger partial charge in [-0.15, -0.1) is 0 Å². The number of benzene rings is 2. The lowest BCUT2D eigenvalue weighted by Gasteiger charge is -2.31. The molecule has 0 bridgehead atoms. The molecule has 1 aliphatic rings. The highest BCUT2D eigenvalue weighted by molar-refractivity contribution is 5.98. The minimum atomic E-state index is -0.494. The summed E-state index contributed by atoms with van der Waals surface area (Å²) in [6.07, 6.45) is 1.24. The zero-order valence-corrected chi connectivity index (χ0v) is 16.4. The first-order valence-electron chi connectivity index (χ1n) is 9.44. The summed E-state index contributed by atoms with van der Waals surface area (Å²) >= 11 is 0. The van der Waals surface area contributed by atoms with Gasteiger partial charge in [0.1, 0.15) is 11.9 Å². The van der Waals surface area contributed by atoms with Gasteiger partial charge in [0.05, 0.1) is 5.92 Å². The molecule has 0 saturated heterocycles. The molecular formula is C22H25FN2O3. The van der Waals surface area contributed by atoms with E-state index in [1.165, 1.54) is 31.4 Å². The van der Waals surface area contributed by atoms with Crippen molar-refractivity contribution in [1.29, 1.82) is 0 Å². The summed E-state index contributed by atoms with van der Waals surface area (Å²) in [6.45, 7) is 4.24. The third-order valence-corrected chi connectivity index (χ3v) is 5.19. The Morgan fingerprint density at radius 1 is 1.14 bits per heavy atom. The molecule has 0 radical (unpaired) electrons. The van der Waals surface area contributed by atoms with E-state index < -0.39 is 6.10 Å². The number of methoxy groups -OCH3 is 1. The monoisotopic (exact) mass is 384 g/mol. The number of amides is 2. The largest absolute Gasteiger partial charge is 0.372 e. The van der Waals surface area contributed by atoms with Gasteiger partial charge in [0.25, 0.3) is 5.91 Å². The summed E-state index contributed by atoms with van der Waals surface area (Å²) in [7, 11) is 1.53. The number of carbonyl (C=O) groups is 2. The average Bonchev–Trinajstić information content (AvgIpc) is 2.72. The van der Waals surface area contributed by atoms with Crippen molar-refractivity contribution in [3.63, 3.8) is 0 Å². The van der Waals surface area contributed by atoms with Crippen LogP contribution in [0.15, 0.2) is 42.5 Å². The van der Waals surface area contributed by atoms with Crippen LogP contribution in [0.5, 0.6) is 0 Å². The summed E-state index contributed by atoms with van der Waals surface area (Å²) < 4.78 is 18.2. The first-order chi connectivity index (χ1) is 13.4. The molecule has 0 saturated carbocycles. The van der Waals surface area contributed by atoms with Crippen LogP contribution in [-0.4, -0.2) is 31.6 Å². The van der Waals surface area contributed by atoms with Crippen molar-refractivity contribution in [2.24, 2.45) is 0 Å². The Kier molecular flexibility index (Phi) is 6.09. The molecule has 1 heterocycles. The van der Waals surface area contributed by atoms with Gasteiger partial charge in [-0.05, 0) is 68.1 Å². The van der Waals surface area contributed by atoms with Gasteiger partial charge in [0, 0.05) is 25.0 Å². The number of aryl methyl sites for hydroxylation is 1. The second-order valence-corrected chi connectivity index (χ2v) is 7.08. The predicted molar refractivity (Wildman–Crippen MR) is 107 cm³/mol. The summed E-state index contributed by atoms with van der Waals surface area (Å²) in [5, 5.41) is 2.81. The van der Waals surface area contributed by atoms with Crippen LogP contribution in [0, 0.1) is 5.82 Å². The highest BCUT2D eigenvalue weighted by Gasteiger charge is 2.27. The number of hydrogen-bond donors (Lipinski definition) is 1. The third-order valence-electron chi connectivity index (χ3n) is 5.19. The Labute approximate surface area is 164 Å². The van der Waals surface area contributed by atoms with Crippen molar-refractivity contribution < 1.29 is 18.7 Å². The van der Waals surface area contributed by atoms with Crippen molar-refractivity contribution in [2.75, 3.05) is 23.9 Å². The molecule has 1 aliphatic heterocycles. The van der Waals surface area contributed by atoms with Crippen LogP contribution in [0.2, 0.25) is 0 Å². The van der Waals surface area contributed by atoms with Gasteiger partial charge in [0.15, 0.2) is 0 Å².